The van der Waals surface area contributed by atoms with Gasteiger partial charge in [0, 0.05) is 40.4 Å². The van der Waals surface area contributed by atoms with Gasteiger partial charge in [-0.25, -0.2) is 0 Å². The number of rotatable bonds is 5. The summed E-state index contributed by atoms with van der Waals surface area (Å²) in [5.74, 6) is -0.585. The van der Waals surface area contributed by atoms with E-state index >= 15 is 0 Å². The Morgan fingerprint density at radius 2 is 1.13 bits per heavy atom. The molecule has 0 amide bonds. The SMILES string of the molecule is CN(C)C=C(C(=O)c1ccc(Br)cc1)C(=O)c1ccc(Br)cc1. The molecule has 0 bridgehead atoms. The second-order valence-electron chi connectivity index (χ2n) is 5.18. The molecule has 0 saturated heterocycles. The van der Waals surface area contributed by atoms with Gasteiger partial charge in [0.2, 0.25) is 0 Å². The molecule has 0 radical (unpaired) electrons. The lowest BCUT2D eigenvalue weighted by Crippen LogP contribution is -2.17. The molecule has 0 unspecified atom stereocenters. The van der Waals surface area contributed by atoms with Crippen LogP contribution in [-0.2, 0) is 0 Å². The minimum absolute atomic E-state index is 0.139. The van der Waals surface area contributed by atoms with Crippen LogP contribution >= 0.6 is 31.9 Å². The van der Waals surface area contributed by atoms with E-state index in [2.05, 4.69) is 31.9 Å². The zero-order valence-corrected chi connectivity index (χ0v) is 15.9. The molecule has 0 fully saturated rings. The van der Waals surface area contributed by atoms with Crippen molar-refractivity contribution in [3.63, 3.8) is 0 Å². The highest BCUT2D eigenvalue weighted by Gasteiger charge is 2.21. The van der Waals surface area contributed by atoms with E-state index in [1.165, 1.54) is 0 Å². The molecule has 0 spiro atoms. The Labute approximate surface area is 152 Å². The van der Waals surface area contributed by atoms with E-state index in [4.69, 9.17) is 0 Å². The monoisotopic (exact) mass is 435 g/mol. The molecule has 2 aromatic rings. The number of hydrogen-bond acceptors (Lipinski definition) is 3. The molecule has 0 heterocycles. The molecule has 118 valence electrons. The van der Waals surface area contributed by atoms with Crippen LogP contribution in [0.2, 0.25) is 0 Å². The first-order valence-corrected chi connectivity index (χ1v) is 8.46. The average Bonchev–Trinajstić information content (AvgIpc) is 2.52. The normalized spacial score (nSPS) is 10.1. The molecule has 0 aromatic heterocycles. The quantitative estimate of drug-likeness (QED) is 0.294. The molecule has 2 rings (SSSR count). The highest BCUT2D eigenvalue weighted by Crippen LogP contribution is 2.19. The van der Waals surface area contributed by atoms with Crippen LogP contribution in [0.25, 0.3) is 0 Å². The lowest BCUT2D eigenvalue weighted by atomic mass is 9.96. The lowest BCUT2D eigenvalue weighted by molar-refractivity contribution is 0.0960. The number of carbonyl (C=O) groups excluding carboxylic acids is 2. The van der Waals surface area contributed by atoms with Gasteiger partial charge in [-0.1, -0.05) is 31.9 Å². The number of hydrogen-bond donors (Lipinski definition) is 0. The third kappa shape index (κ3) is 4.62. The summed E-state index contributed by atoms with van der Waals surface area (Å²) in [6.45, 7) is 0. The maximum absolute atomic E-state index is 12.7. The summed E-state index contributed by atoms with van der Waals surface area (Å²) < 4.78 is 1.76. The van der Waals surface area contributed by atoms with Crippen molar-refractivity contribution in [1.29, 1.82) is 0 Å². The maximum atomic E-state index is 12.7. The Hall–Kier alpha value is -1.72. The Balaban J connectivity index is 2.41. The number of allylic oxidation sites excluding steroid dienone is 1. The highest BCUT2D eigenvalue weighted by molar-refractivity contribution is 9.10. The van der Waals surface area contributed by atoms with E-state index in [1.807, 2.05) is 0 Å². The molecule has 3 nitrogen and oxygen atoms in total. The van der Waals surface area contributed by atoms with Gasteiger partial charge in [-0.15, -0.1) is 0 Å². The maximum Gasteiger partial charge on any atom is 0.198 e. The van der Waals surface area contributed by atoms with E-state index in [-0.39, 0.29) is 17.1 Å². The fourth-order valence-corrected chi connectivity index (χ4v) is 2.52. The van der Waals surface area contributed by atoms with Gasteiger partial charge in [-0.2, -0.15) is 0 Å². The van der Waals surface area contributed by atoms with Gasteiger partial charge >= 0.3 is 0 Å². The largest absolute Gasteiger partial charge is 0.383 e. The molecule has 0 atom stereocenters. The van der Waals surface area contributed by atoms with Crippen molar-refractivity contribution in [2.75, 3.05) is 14.1 Å². The highest BCUT2D eigenvalue weighted by atomic mass is 79.9. The fourth-order valence-electron chi connectivity index (χ4n) is 1.99. The summed E-state index contributed by atoms with van der Waals surface area (Å²) in [5, 5.41) is 0. The molecule has 0 N–H and O–H groups in total. The number of benzene rings is 2. The van der Waals surface area contributed by atoms with Gasteiger partial charge in [0.05, 0.1) is 5.57 Å². The Bertz CT molecular complexity index is 688. The first-order valence-electron chi connectivity index (χ1n) is 6.87. The van der Waals surface area contributed by atoms with Crippen LogP contribution in [0.5, 0.6) is 0 Å². The predicted molar refractivity (Wildman–Crippen MR) is 98.7 cm³/mol. The number of carbonyl (C=O) groups is 2. The first kappa shape index (κ1) is 17.6. The van der Waals surface area contributed by atoms with Crippen molar-refractivity contribution in [3.05, 3.63) is 80.4 Å². The summed E-state index contributed by atoms with van der Waals surface area (Å²) >= 11 is 6.68. The van der Waals surface area contributed by atoms with Gasteiger partial charge < -0.3 is 4.90 Å². The molecule has 5 heteroatoms. The lowest BCUT2D eigenvalue weighted by Gasteiger charge is -2.11. The Morgan fingerprint density at radius 1 is 0.783 bits per heavy atom. The molecule has 23 heavy (non-hydrogen) atoms. The molecule has 0 aliphatic carbocycles. The topological polar surface area (TPSA) is 37.4 Å². The molecule has 0 aliphatic heterocycles. The molecule has 0 aliphatic rings. The van der Waals surface area contributed by atoms with Crippen LogP contribution in [0, 0.1) is 0 Å². The van der Waals surface area contributed by atoms with Crippen LogP contribution in [0.15, 0.2) is 69.2 Å². The first-order chi connectivity index (χ1) is 10.9. The minimum Gasteiger partial charge on any atom is -0.383 e. The van der Waals surface area contributed by atoms with Crippen LogP contribution in [0.1, 0.15) is 20.7 Å². The van der Waals surface area contributed by atoms with E-state index in [0.717, 1.165) is 8.95 Å². The summed E-state index contributed by atoms with van der Waals surface area (Å²) in [6, 6.07) is 13.9. The molecular weight excluding hydrogens is 422 g/mol. The van der Waals surface area contributed by atoms with Gasteiger partial charge in [0.1, 0.15) is 0 Å². The van der Waals surface area contributed by atoms with Crippen molar-refractivity contribution >= 4 is 43.4 Å². The summed E-state index contributed by atoms with van der Waals surface area (Å²) in [6.07, 6.45) is 1.56. The average molecular weight is 437 g/mol. The Morgan fingerprint density at radius 3 is 1.43 bits per heavy atom. The minimum atomic E-state index is -0.292. The standard InChI is InChI=1S/C18H15Br2NO2/c1-21(2)11-16(17(22)12-3-7-14(19)8-4-12)18(23)13-5-9-15(20)10-6-13/h3-11H,1-2H3. The van der Waals surface area contributed by atoms with Crippen LogP contribution < -0.4 is 0 Å². The number of ketones is 2. The summed E-state index contributed by atoms with van der Waals surface area (Å²) in [4.78, 5) is 27.2. The number of Topliss-reactive ketones (excluding diaryl/α,β-unsaturated/α-hetero) is 2. The fraction of sp³-hybridized carbons (Fsp3) is 0.111. The predicted octanol–water partition coefficient (Wildman–Crippen LogP) is 4.72. The van der Waals surface area contributed by atoms with Crippen molar-refractivity contribution < 1.29 is 9.59 Å². The smallest absolute Gasteiger partial charge is 0.198 e. The van der Waals surface area contributed by atoms with Crippen molar-refractivity contribution in [1.82, 2.24) is 4.90 Å². The van der Waals surface area contributed by atoms with Crippen molar-refractivity contribution in [2.24, 2.45) is 0 Å². The van der Waals surface area contributed by atoms with Crippen LogP contribution in [0.4, 0.5) is 0 Å². The van der Waals surface area contributed by atoms with Gasteiger partial charge in [-0.05, 0) is 48.5 Å². The van der Waals surface area contributed by atoms with E-state index in [0.29, 0.717) is 11.1 Å². The van der Waals surface area contributed by atoms with Crippen LogP contribution in [0.3, 0.4) is 0 Å². The Kier molecular flexibility index (Phi) is 5.91. The van der Waals surface area contributed by atoms with Crippen molar-refractivity contribution in [2.45, 2.75) is 0 Å². The van der Waals surface area contributed by atoms with Gasteiger partial charge in [0.25, 0.3) is 0 Å². The third-order valence-corrected chi connectivity index (χ3v) is 4.15. The van der Waals surface area contributed by atoms with Gasteiger partial charge in [-0.3, -0.25) is 9.59 Å². The molecule has 2 aromatic carbocycles. The van der Waals surface area contributed by atoms with Gasteiger partial charge in [0.15, 0.2) is 11.6 Å². The van der Waals surface area contributed by atoms with E-state index in [9.17, 15) is 9.59 Å². The van der Waals surface area contributed by atoms with Crippen LogP contribution in [-0.4, -0.2) is 30.6 Å². The van der Waals surface area contributed by atoms with E-state index < -0.39 is 0 Å². The summed E-state index contributed by atoms with van der Waals surface area (Å²) in [5.41, 5.74) is 1.10. The zero-order valence-electron chi connectivity index (χ0n) is 12.7. The zero-order chi connectivity index (χ0) is 17.0. The molecule has 0 saturated carbocycles. The van der Waals surface area contributed by atoms with Crippen molar-refractivity contribution in [3.8, 4) is 0 Å². The molecular formula is C18H15Br2NO2. The number of halogens is 2. The third-order valence-electron chi connectivity index (χ3n) is 3.09. The van der Waals surface area contributed by atoms with E-state index in [1.54, 1.807) is 73.7 Å². The number of nitrogens with zero attached hydrogens (tertiary/aromatic N) is 1. The second-order valence-corrected chi connectivity index (χ2v) is 7.01. The summed E-state index contributed by atoms with van der Waals surface area (Å²) in [7, 11) is 3.56. The second kappa shape index (κ2) is 7.70.